The molecule has 2 aliphatic heterocycles. The molecule has 6 nitrogen and oxygen atoms in total. The van der Waals surface area contributed by atoms with Gasteiger partial charge < -0.3 is 5.32 Å². The SMILES string of the molecule is C=CCN1C(=O)C(C)S/C1=N/N=C1\C(=O)Nc2ccc(Br)cc21. The molecule has 0 saturated carbocycles. The highest BCUT2D eigenvalue weighted by Crippen LogP contribution is 2.29. The molecule has 118 valence electrons. The number of rotatable bonds is 3. The number of halogens is 1. The summed E-state index contributed by atoms with van der Waals surface area (Å²) in [6, 6.07) is 5.45. The van der Waals surface area contributed by atoms with Crippen LogP contribution in [0.4, 0.5) is 5.69 Å². The van der Waals surface area contributed by atoms with Crippen molar-refractivity contribution in [2.75, 3.05) is 11.9 Å². The maximum absolute atomic E-state index is 12.1. The number of anilines is 1. The average molecular weight is 393 g/mol. The first-order valence-corrected chi connectivity index (χ1v) is 8.54. The van der Waals surface area contributed by atoms with Gasteiger partial charge in [0.05, 0.1) is 10.9 Å². The highest BCUT2D eigenvalue weighted by molar-refractivity contribution is 9.10. The number of nitrogens with zero attached hydrogens (tertiary/aromatic N) is 3. The van der Waals surface area contributed by atoms with E-state index in [4.69, 9.17) is 0 Å². The van der Waals surface area contributed by atoms with Gasteiger partial charge in [-0.25, -0.2) is 0 Å². The number of carbonyl (C=O) groups excluding carboxylic acids is 2. The Bertz CT molecular complexity index is 775. The van der Waals surface area contributed by atoms with Crippen molar-refractivity contribution < 1.29 is 9.59 Å². The second-order valence-electron chi connectivity index (χ2n) is 4.97. The normalized spacial score (nSPS) is 23.6. The quantitative estimate of drug-likeness (QED) is 0.634. The highest BCUT2D eigenvalue weighted by Gasteiger charge is 2.34. The number of hydrogen-bond acceptors (Lipinski definition) is 5. The zero-order chi connectivity index (χ0) is 16.6. The molecule has 8 heteroatoms. The van der Waals surface area contributed by atoms with E-state index >= 15 is 0 Å². The molecular formula is C15H13BrN4O2S. The van der Waals surface area contributed by atoms with Crippen LogP contribution >= 0.6 is 27.7 Å². The maximum atomic E-state index is 12.1. The van der Waals surface area contributed by atoms with Gasteiger partial charge in [0.2, 0.25) is 5.91 Å². The van der Waals surface area contributed by atoms with Crippen LogP contribution in [0.3, 0.4) is 0 Å². The predicted octanol–water partition coefficient (Wildman–Crippen LogP) is 2.61. The van der Waals surface area contributed by atoms with E-state index in [2.05, 4.69) is 38.0 Å². The lowest BCUT2D eigenvalue weighted by atomic mass is 10.1. The number of thioether (sulfide) groups is 1. The largest absolute Gasteiger partial charge is 0.320 e. The minimum Gasteiger partial charge on any atom is -0.320 e. The molecule has 3 rings (SSSR count). The van der Waals surface area contributed by atoms with Gasteiger partial charge >= 0.3 is 0 Å². The Morgan fingerprint density at radius 3 is 2.96 bits per heavy atom. The van der Waals surface area contributed by atoms with Crippen LogP contribution in [-0.4, -0.2) is 39.4 Å². The molecule has 2 amide bonds. The highest BCUT2D eigenvalue weighted by atomic mass is 79.9. The van der Waals surface area contributed by atoms with E-state index in [-0.39, 0.29) is 22.8 Å². The minimum absolute atomic E-state index is 0.0344. The Morgan fingerprint density at radius 2 is 2.22 bits per heavy atom. The molecule has 0 spiro atoms. The van der Waals surface area contributed by atoms with Crippen LogP contribution < -0.4 is 5.32 Å². The third-order valence-corrected chi connectivity index (χ3v) is 4.94. The van der Waals surface area contributed by atoms with Crippen molar-refractivity contribution in [1.29, 1.82) is 0 Å². The molecule has 0 aromatic heterocycles. The topological polar surface area (TPSA) is 74.1 Å². The van der Waals surface area contributed by atoms with Crippen molar-refractivity contribution in [1.82, 2.24) is 4.90 Å². The number of nitrogens with one attached hydrogen (secondary N) is 1. The standard InChI is InChI=1S/C15H13BrN4O2S/c1-3-6-20-14(22)8(2)23-15(20)19-18-12-10-7-9(16)4-5-11(10)17-13(12)21/h3-5,7-8H,1,6H2,2H3,(H,17,18,21)/b19-15+. The van der Waals surface area contributed by atoms with Crippen molar-refractivity contribution >= 4 is 56.1 Å². The summed E-state index contributed by atoms with van der Waals surface area (Å²) < 4.78 is 0.848. The van der Waals surface area contributed by atoms with Crippen LogP contribution in [0.5, 0.6) is 0 Å². The van der Waals surface area contributed by atoms with E-state index in [0.29, 0.717) is 23.0 Å². The van der Waals surface area contributed by atoms with Gasteiger partial charge in [-0.3, -0.25) is 14.5 Å². The van der Waals surface area contributed by atoms with E-state index in [0.717, 1.165) is 4.47 Å². The van der Waals surface area contributed by atoms with Gasteiger partial charge in [0.1, 0.15) is 0 Å². The lowest BCUT2D eigenvalue weighted by Crippen LogP contribution is -2.31. The number of carbonyl (C=O) groups is 2. The van der Waals surface area contributed by atoms with Gasteiger partial charge in [-0.2, -0.15) is 0 Å². The van der Waals surface area contributed by atoms with E-state index < -0.39 is 0 Å². The molecule has 1 fully saturated rings. The number of amidine groups is 1. The van der Waals surface area contributed by atoms with Gasteiger partial charge in [-0.15, -0.1) is 16.8 Å². The van der Waals surface area contributed by atoms with Crippen LogP contribution in [0.25, 0.3) is 0 Å². The Balaban J connectivity index is 1.96. The molecule has 1 atom stereocenters. The van der Waals surface area contributed by atoms with E-state index in [9.17, 15) is 9.59 Å². The molecule has 0 aliphatic carbocycles. The third-order valence-electron chi connectivity index (χ3n) is 3.37. The molecule has 2 heterocycles. The summed E-state index contributed by atoms with van der Waals surface area (Å²) in [7, 11) is 0. The maximum Gasteiger partial charge on any atom is 0.276 e. The summed E-state index contributed by atoms with van der Waals surface area (Å²) in [4.78, 5) is 25.6. The monoisotopic (exact) mass is 392 g/mol. The summed E-state index contributed by atoms with van der Waals surface area (Å²) >= 11 is 4.70. The first-order valence-electron chi connectivity index (χ1n) is 6.87. The van der Waals surface area contributed by atoms with Crippen molar-refractivity contribution in [2.24, 2.45) is 10.2 Å². The van der Waals surface area contributed by atoms with Gasteiger partial charge in [-0.1, -0.05) is 33.8 Å². The van der Waals surface area contributed by atoms with Crippen LogP contribution in [0.2, 0.25) is 0 Å². The number of hydrogen-bond donors (Lipinski definition) is 1. The zero-order valence-corrected chi connectivity index (χ0v) is 14.6. The Hall–Kier alpha value is -1.93. The van der Waals surface area contributed by atoms with Crippen molar-refractivity contribution in [2.45, 2.75) is 12.2 Å². The number of amides is 2. The Morgan fingerprint density at radius 1 is 1.43 bits per heavy atom. The summed E-state index contributed by atoms with van der Waals surface area (Å²) in [5, 5.41) is 11.2. The van der Waals surface area contributed by atoms with Crippen molar-refractivity contribution in [3.63, 3.8) is 0 Å². The lowest BCUT2D eigenvalue weighted by Gasteiger charge is -2.11. The van der Waals surface area contributed by atoms with E-state index in [1.807, 2.05) is 19.1 Å². The van der Waals surface area contributed by atoms with Gasteiger partial charge in [-0.05, 0) is 25.1 Å². The lowest BCUT2D eigenvalue weighted by molar-refractivity contribution is -0.125. The van der Waals surface area contributed by atoms with Gasteiger partial charge in [0.25, 0.3) is 5.91 Å². The first-order chi connectivity index (χ1) is 11.0. The fraction of sp³-hybridized carbons (Fsp3) is 0.200. The van der Waals surface area contributed by atoms with Crippen LogP contribution in [0.15, 0.2) is 45.5 Å². The number of benzene rings is 1. The molecule has 2 aliphatic rings. The summed E-state index contributed by atoms with van der Waals surface area (Å²) in [5.41, 5.74) is 1.62. The van der Waals surface area contributed by atoms with Gasteiger partial charge in [0.15, 0.2) is 10.9 Å². The molecule has 0 radical (unpaired) electrons. The van der Waals surface area contributed by atoms with Crippen molar-refractivity contribution in [3.05, 3.63) is 40.9 Å². The smallest absolute Gasteiger partial charge is 0.276 e. The van der Waals surface area contributed by atoms with E-state index in [1.165, 1.54) is 16.7 Å². The molecule has 0 bridgehead atoms. The van der Waals surface area contributed by atoms with Gasteiger partial charge in [0, 0.05) is 16.6 Å². The molecule has 1 unspecified atom stereocenters. The molecule has 1 N–H and O–H groups in total. The summed E-state index contributed by atoms with van der Waals surface area (Å²) in [6.07, 6.45) is 1.63. The third kappa shape index (κ3) is 2.96. The minimum atomic E-state index is -0.305. The second-order valence-corrected chi connectivity index (χ2v) is 7.20. The van der Waals surface area contributed by atoms with Crippen LogP contribution in [0, 0.1) is 0 Å². The molecule has 1 saturated heterocycles. The zero-order valence-electron chi connectivity index (χ0n) is 12.2. The molecular weight excluding hydrogens is 380 g/mol. The summed E-state index contributed by atoms with van der Waals surface area (Å²) in [5.74, 6) is -0.340. The average Bonchev–Trinajstić information content (AvgIpc) is 2.96. The van der Waals surface area contributed by atoms with Crippen LogP contribution in [-0.2, 0) is 9.59 Å². The molecule has 1 aromatic rings. The summed E-state index contributed by atoms with van der Waals surface area (Å²) in [6.45, 7) is 5.83. The second kappa shape index (κ2) is 6.29. The molecule has 23 heavy (non-hydrogen) atoms. The number of fused-ring (bicyclic) bond motifs is 1. The Labute approximate surface area is 145 Å². The van der Waals surface area contributed by atoms with E-state index in [1.54, 1.807) is 12.1 Å². The van der Waals surface area contributed by atoms with Crippen LogP contribution in [0.1, 0.15) is 12.5 Å². The fourth-order valence-corrected chi connectivity index (χ4v) is 3.56. The fourth-order valence-electron chi connectivity index (χ4n) is 2.28. The Kier molecular flexibility index (Phi) is 4.36. The molecule has 1 aromatic carbocycles. The van der Waals surface area contributed by atoms with Crippen molar-refractivity contribution in [3.8, 4) is 0 Å². The predicted molar refractivity (Wildman–Crippen MR) is 95.7 cm³/mol. The first kappa shape index (κ1) is 15.9.